The summed E-state index contributed by atoms with van der Waals surface area (Å²) in [5, 5.41) is 18.4. The van der Waals surface area contributed by atoms with E-state index in [2.05, 4.69) is 15.0 Å². The maximum atomic E-state index is 12.9. The van der Waals surface area contributed by atoms with E-state index in [0.717, 1.165) is 12.1 Å². The molecule has 32 heavy (non-hydrogen) atoms. The van der Waals surface area contributed by atoms with E-state index in [1.54, 1.807) is 18.2 Å². The van der Waals surface area contributed by atoms with Crippen LogP contribution in [0, 0.1) is 0 Å². The summed E-state index contributed by atoms with van der Waals surface area (Å²) in [4.78, 5) is 0.0746. The van der Waals surface area contributed by atoms with Gasteiger partial charge in [0.25, 0.3) is 0 Å². The van der Waals surface area contributed by atoms with Crippen LogP contribution in [0.3, 0.4) is 0 Å². The number of sulfonamides is 1. The van der Waals surface area contributed by atoms with Gasteiger partial charge < -0.3 is 14.6 Å². The fourth-order valence-corrected chi connectivity index (χ4v) is 6.16. The van der Waals surface area contributed by atoms with Crippen molar-refractivity contribution in [1.29, 1.82) is 0 Å². The molecule has 10 heteroatoms. The number of aliphatic hydroxyl groups is 1. The molecular weight excluding hydrogens is 432 g/mol. The number of methoxy groups -OCH3 is 1. The average molecular weight is 465 g/mol. The van der Waals surface area contributed by atoms with Crippen molar-refractivity contribution in [3.05, 3.63) is 36.2 Å². The SMILES string of the molecule is COc1ccccc1S(=O)(=O)N[C@H]1CC[C@@H](CCn2cc(C3CCCC3)nn2)O[C@@H]1CO. The van der Waals surface area contributed by atoms with Gasteiger partial charge in [-0.2, -0.15) is 0 Å². The molecule has 1 saturated heterocycles. The Morgan fingerprint density at radius 3 is 2.75 bits per heavy atom. The molecule has 1 aliphatic carbocycles. The van der Waals surface area contributed by atoms with Crippen molar-refractivity contribution in [3.63, 3.8) is 0 Å². The monoisotopic (exact) mass is 464 g/mol. The summed E-state index contributed by atoms with van der Waals surface area (Å²) < 4.78 is 41.6. The normalized spacial score (nSPS) is 24.6. The molecule has 0 bridgehead atoms. The van der Waals surface area contributed by atoms with Gasteiger partial charge >= 0.3 is 0 Å². The van der Waals surface area contributed by atoms with Crippen molar-refractivity contribution in [2.45, 2.75) is 80.6 Å². The molecule has 0 spiro atoms. The third-order valence-electron chi connectivity index (χ3n) is 6.47. The summed E-state index contributed by atoms with van der Waals surface area (Å²) in [6, 6.07) is 5.96. The highest BCUT2D eigenvalue weighted by Gasteiger charge is 2.34. The van der Waals surface area contributed by atoms with Gasteiger partial charge in [0, 0.05) is 18.7 Å². The van der Waals surface area contributed by atoms with Crippen molar-refractivity contribution in [1.82, 2.24) is 19.7 Å². The van der Waals surface area contributed by atoms with E-state index in [9.17, 15) is 13.5 Å². The minimum absolute atomic E-state index is 0.0710. The van der Waals surface area contributed by atoms with Crippen LogP contribution in [0.25, 0.3) is 0 Å². The smallest absolute Gasteiger partial charge is 0.244 e. The van der Waals surface area contributed by atoms with E-state index in [0.29, 0.717) is 25.3 Å². The highest BCUT2D eigenvalue weighted by Crippen LogP contribution is 2.32. The van der Waals surface area contributed by atoms with Crippen molar-refractivity contribution in [2.24, 2.45) is 0 Å². The topological polar surface area (TPSA) is 116 Å². The lowest BCUT2D eigenvalue weighted by Gasteiger charge is -2.36. The summed E-state index contributed by atoms with van der Waals surface area (Å²) in [7, 11) is -2.38. The van der Waals surface area contributed by atoms with Gasteiger partial charge in [-0.3, -0.25) is 4.68 Å². The molecule has 0 amide bonds. The maximum absolute atomic E-state index is 12.9. The van der Waals surface area contributed by atoms with E-state index < -0.39 is 22.2 Å². The first-order chi connectivity index (χ1) is 15.5. The Morgan fingerprint density at radius 2 is 2.00 bits per heavy atom. The quantitative estimate of drug-likeness (QED) is 0.585. The van der Waals surface area contributed by atoms with Crippen molar-refractivity contribution in [2.75, 3.05) is 13.7 Å². The number of aromatic nitrogens is 3. The zero-order chi connectivity index (χ0) is 22.6. The number of hydrogen-bond acceptors (Lipinski definition) is 7. The molecule has 176 valence electrons. The molecule has 2 heterocycles. The zero-order valence-electron chi connectivity index (χ0n) is 18.4. The second kappa shape index (κ2) is 10.3. The van der Waals surface area contributed by atoms with Crippen molar-refractivity contribution in [3.8, 4) is 5.75 Å². The lowest BCUT2D eigenvalue weighted by molar-refractivity contribution is -0.0891. The summed E-state index contributed by atoms with van der Waals surface area (Å²) in [5.74, 6) is 0.811. The number of para-hydroxylation sites is 1. The first kappa shape index (κ1) is 23.2. The summed E-state index contributed by atoms with van der Waals surface area (Å²) in [6.07, 6.45) is 8.26. The number of nitrogens with one attached hydrogen (secondary N) is 1. The molecule has 2 aliphatic rings. The fraction of sp³-hybridized carbons (Fsp3) is 0.636. The Morgan fingerprint density at radius 1 is 1.22 bits per heavy atom. The van der Waals surface area contributed by atoms with Gasteiger partial charge in [-0.05, 0) is 44.2 Å². The molecular formula is C22H32N4O5S. The minimum atomic E-state index is -3.81. The highest BCUT2D eigenvalue weighted by molar-refractivity contribution is 7.89. The van der Waals surface area contributed by atoms with Gasteiger partial charge in [0.2, 0.25) is 10.0 Å². The number of nitrogens with zero attached hydrogens (tertiary/aromatic N) is 3. The first-order valence-electron chi connectivity index (χ1n) is 11.3. The van der Waals surface area contributed by atoms with Gasteiger partial charge in [-0.25, -0.2) is 13.1 Å². The Labute approximate surface area is 189 Å². The molecule has 9 nitrogen and oxygen atoms in total. The molecule has 2 N–H and O–H groups in total. The number of aliphatic hydroxyl groups excluding tert-OH is 1. The third-order valence-corrected chi connectivity index (χ3v) is 8.00. The Bertz CT molecular complexity index is 990. The van der Waals surface area contributed by atoms with Gasteiger partial charge in [0.15, 0.2) is 0 Å². The second-order valence-electron chi connectivity index (χ2n) is 8.61. The maximum Gasteiger partial charge on any atom is 0.244 e. The van der Waals surface area contributed by atoms with Gasteiger partial charge in [-0.15, -0.1) is 5.10 Å². The lowest BCUT2D eigenvalue weighted by atomic mass is 9.98. The Hall–Kier alpha value is -2.01. The molecule has 2 aromatic rings. The predicted molar refractivity (Wildman–Crippen MR) is 118 cm³/mol. The van der Waals surface area contributed by atoms with E-state index in [4.69, 9.17) is 9.47 Å². The van der Waals surface area contributed by atoms with Crippen molar-refractivity contribution >= 4 is 10.0 Å². The lowest BCUT2D eigenvalue weighted by Crippen LogP contribution is -2.51. The van der Waals surface area contributed by atoms with Crippen LogP contribution in [0.2, 0.25) is 0 Å². The number of rotatable bonds is 9. The van der Waals surface area contributed by atoms with E-state index >= 15 is 0 Å². The highest BCUT2D eigenvalue weighted by atomic mass is 32.2. The largest absolute Gasteiger partial charge is 0.495 e. The zero-order valence-corrected chi connectivity index (χ0v) is 19.2. The summed E-state index contributed by atoms with van der Waals surface area (Å²) >= 11 is 0. The van der Waals surface area contributed by atoms with Crippen LogP contribution in [0.1, 0.15) is 56.6 Å². The fourth-order valence-electron chi connectivity index (χ4n) is 4.69. The molecule has 3 atom stereocenters. The van der Waals surface area contributed by atoms with Crippen LogP contribution >= 0.6 is 0 Å². The first-order valence-corrected chi connectivity index (χ1v) is 12.8. The number of aryl methyl sites for hydroxylation is 1. The van der Waals surface area contributed by atoms with Gasteiger partial charge in [0.1, 0.15) is 10.6 Å². The predicted octanol–water partition coefficient (Wildman–Crippen LogP) is 2.22. The number of hydrogen-bond donors (Lipinski definition) is 2. The van der Waals surface area contributed by atoms with Crippen LogP contribution in [0.4, 0.5) is 0 Å². The molecule has 0 unspecified atom stereocenters. The molecule has 1 aliphatic heterocycles. The third kappa shape index (κ3) is 5.31. The number of ether oxygens (including phenoxy) is 2. The molecule has 1 saturated carbocycles. The molecule has 1 aromatic carbocycles. The van der Waals surface area contributed by atoms with Crippen LogP contribution in [-0.2, 0) is 21.3 Å². The van der Waals surface area contributed by atoms with Gasteiger partial charge in [-0.1, -0.05) is 30.2 Å². The minimum Gasteiger partial charge on any atom is -0.495 e. The van der Waals surface area contributed by atoms with Gasteiger partial charge in [0.05, 0.1) is 37.7 Å². The summed E-state index contributed by atoms with van der Waals surface area (Å²) in [5.41, 5.74) is 1.08. The van der Waals surface area contributed by atoms with E-state index in [-0.39, 0.29) is 23.4 Å². The average Bonchev–Trinajstić information content (AvgIpc) is 3.50. The van der Waals surface area contributed by atoms with Crippen LogP contribution in [-0.4, -0.2) is 60.5 Å². The molecule has 1 aromatic heterocycles. The Balaban J connectivity index is 1.33. The Kier molecular flexibility index (Phi) is 7.44. The summed E-state index contributed by atoms with van der Waals surface area (Å²) in [6.45, 7) is 0.422. The molecule has 2 fully saturated rings. The van der Waals surface area contributed by atoms with Crippen LogP contribution < -0.4 is 9.46 Å². The van der Waals surface area contributed by atoms with E-state index in [1.807, 2.05) is 10.9 Å². The molecule has 4 rings (SSSR count). The van der Waals surface area contributed by atoms with Crippen LogP contribution in [0.15, 0.2) is 35.4 Å². The number of benzene rings is 1. The van der Waals surface area contributed by atoms with Crippen molar-refractivity contribution < 1.29 is 23.0 Å². The van der Waals surface area contributed by atoms with E-state index in [1.165, 1.54) is 38.9 Å². The standard InChI is InChI=1S/C22H32N4O5S/c1-30-20-8-4-5-9-22(20)32(28,29)24-18-11-10-17(31-21(18)15-27)12-13-26-14-19(23-25-26)16-6-2-3-7-16/h4-5,8-9,14,16-18,21,24,27H,2-3,6-7,10-13,15H2,1H3/t17-,18-,21+/m0/s1. The van der Waals surface area contributed by atoms with Crippen LogP contribution in [0.5, 0.6) is 5.75 Å². The second-order valence-corrected chi connectivity index (χ2v) is 10.3. The molecule has 0 radical (unpaired) electrons.